The first-order chi connectivity index (χ1) is 10.6. The molecule has 0 radical (unpaired) electrons. The van der Waals surface area contributed by atoms with E-state index in [1.165, 1.54) is 11.1 Å². The van der Waals surface area contributed by atoms with Crippen LogP contribution in [0.25, 0.3) is 0 Å². The molecule has 0 saturated carbocycles. The highest BCUT2D eigenvalue weighted by Gasteiger charge is 2.03. The van der Waals surface area contributed by atoms with Gasteiger partial charge in [-0.3, -0.25) is 4.79 Å². The predicted molar refractivity (Wildman–Crippen MR) is 89.2 cm³/mol. The molecule has 116 valence electrons. The first-order valence-corrected chi connectivity index (χ1v) is 7.29. The summed E-state index contributed by atoms with van der Waals surface area (Å²) in [5.41, 5.74) is 4.42. The van der Waals surface area contributed by atoms with E-state index in [0.29, 0.717) is 6.54 Å². The van der Waals surface area contributed by atoms with Crippen LogP contribution in [0.2, 0.25) is 0 Å². The minimum Gasteiger partial charge on any atom is -0.497 e. The summed E-state index contributed by atoms with van der Waals surface area (Å²) < 4.78 is 5.16. The van der Waals surface area contributed by atoms with Crippen LogP contribution in [0.4, 0.5) is 5.69 Å². The van der Waals surface area contributed by atoms with Gasteiger partial charge in [0.05, 0.1) is 13.7 Å². The van der Waals surface area contributed by atoms with Crippen LogP contribution in [0.3, 0.4) is 0 Å². The van der Waals surface area contributed by atoms with Crippen LogP contribution >= 0.6 is 0 Å². The number of benzene rings is 2. The minimum atomic E-state index is -0.0407. The number of ether oxygens (including phenoxy) is 1. The van der Waals surface area contributed by atoms with Crippen LogP contribution in [0.1, 0.15) is 16.7 Å². The lowest BCUT2D eigenvalue weighted by atomic mass is 10.1. The van der Waals surface area contributed by atoms with Crippen molar-refractivity contribution < 1.29 is 9.53 Å². The SMILES string of the molecule is COc1cccc(CNC(=O)CNc2ccc(C)c(C)c2)c1. The molecule has 0 aliphatic heterocycles. The van der Waals surface area contributed by atoms with Crippen molar-refractivity contribution in [2.24, 2.45) is 0 Å². The number of rotatable bonds is 6. The summed E-state index contributed by atoms with van der Waals surface area (Å²) in [6.07, 6.45) is 0. The molecule has 0 heterocycles. The number of amides is 1. The lowest BCUT2D eigenvalue weighted by molar-refractivity contribution is -0.119. The van der Waals surface area contributed by atoms with Crippen LogP contribution < -0.4 is 15.4 Å². The molecule has 0 aromatic heterocycles. The number of anilines is 1. The van der Waals surface area contributed by atoms with Crippen LogP contribution in [-0.4, -0.2) is 19.6 Å². The molecule has 2 aromatic carbocycles. The molecule has 1 amide bonds. The lowest BCUT2D eigenvalue weighted by Crippen LogP contribution is -2.29. The third-order valence-corrected chi connectivity index (χ3v) is 3.58. The lowest BCUT2D eigenvalue weighted by Gasteiger charge is -2.10. The number of aryl methyl sites for hydroxylation is 2. The summed E-state index contributed by atoms with van der Waals surface area (Å²) in [6.45, 7) is 4.88. The summed E-state index contributed by atoms with van der Waals surface area (Å²) in [6, 6.07) is 13.7. The summed E-state index contributed by atoms with van der Waals surface area (Å²) in [5.74, 6) is 0.751. The molecule has 0 fully saturated rings. The summed E-state index contributed by atoms with van der Waals surface area (Å²) in [5, 5.41) is 6.02. The standard InChI is InChI=1S/C18H22N2O2/c1-13-7-8-16(9-14(13)2)19-12-18(21)20-11-15-5-4-6-17(10-15)22-3/h4-10,19H,11-12H2,1-3H3,(H,20,21). The Kier molecular flexibility index (Phi) is 5.42. The number of hydrogen-bond acceptors (Lipinski definition) is 3. The van der Waals surface area contributed by atoms with Crippen molar-refractivity contribution in [3.63, 3.8) is 0 Å². The van der Waals surface area contributed by atoms with E-state index in [2.05, 4.69) is 24.5 Å². The molecule has 4 heteroatoms. The average Bonchev–Trinajstić information content (AvgIpc) is 2.54. The van der Waals surface area contributed by atoms with Gasteiger partial charge in [0.25, 0.3) is 0 Å². The molecule has 22 heavy (non-hydrogen) atoms. The molecule has 0 aliphatic rings. The van der Waals surface area contributed by atoms with E-state index in [0.717, 1.165) is 17.0 Å². The van der Waals surface area contributed by atoms with Gasteiger partial charge in [-0.15, -0.1) is 0 Å². The van der Waals surface area contributed by atoms with Gasteiger partial charge in [-0.05, 0) is 54.8 Å². The molecular weight excluding hydrogens is 276 g/mol. The second-order valence-corrected chi connectivity index (χ2v) is 5.28. The van der Waals surface area contributed by atoms with Gasteiger partial charge in [-0.2, -0.15) is 0 Å². The van der Waals surface area contributed by atoms with Crippen LogP contribution in [-0.2, 0) is 11.3 Å². The van der Waals surface area contributed by atoms with Crippen LogP contribution in [0, 0.1) is 13.8 Å². The molecule has 0 spiro atoms. The van der Waals surface area contributed by atoms with Gasteiger partial charge < -0.3 is 15.4 Å². The van der Waals surface area contributed by atoms with Crippen molar-refractivity contribution in [1.29, 1.82) is 0 Å². The maximum absolute atomic E-state index is 11.9. The van der Waals surface area contributed by atoms with Crippen molar-refractivity contribution in [3.05, 3.63) is 59.2 Å². The second-order valence-electron chi connectivity index (χ2n) is 5.28. The minimum absolute atomic E-state index is 0.0407. The molecule has 0 saturated heterocycles. The Morgan fingerprint density at radius 1 is 1.09 bits per heavy atom. The zero-order valence-corrected chi connectivity index (χ0v) is 13.3. The monoisotopic (exact) mass is 298 g/mol. The summed E-state index contributed by atoms with van der Waals surface area (Å²) in [4.78, 5) is 11.9. The topological polar surface area (TPSA) is 50.4 Å². The van der Waals surface area contributed by atoms with E-state index in [-0.39, 0.29) is 12.5 Å². The fraction of sp³-hybridized carbons (Fsp3) is 0.278. The average molecular weight is 298 g/mol. The fourth-order valence-corrected chi connectivity index (χ4v) is 2.08. The van der Waals surface area contributed by atoms with E-state index < -0.39 is 0 Å². The zero-order valence-electron chi connectivity index (χ0n) is 13.3. The molecular formula is C18H22N2O2. The predicted octanol–water partition coefficient (Wildman–Crippen LogP) is 3.04. The highest BCUT2D eigenvalue weighted by atomic mass is 16.5. The van der Waals surface area contributed by atoms with Crippen molar-refractivity contribution in [3.8, 4) is 5.75 Å². The van der Waals surface area contributed by atoms with Gasteiger partial charge in [0, 0.05) is 12.2 Å². The number of nitrogens with one attached hydrogen (secondary N) is 2. The number of carbonyl (C=O) groups excluding carboxylic acids is 1. The molecule has 0 aliphatic carbocycles. The normalized spacial score (nSPS) is 10.1. The largest absolute Gasteiger partial charge is 0.497 e. The third kappa shape index (κ3) is 4.52. The Bertz CT molecular complexity index is 653. The number of hydrogen-bond donors (Lipinski definition) is 2. The van der Waals surface area contributed by atoms with Gasteiger partial charge in [-0.1, -0.05) is 18.2 Å². The number of carbonyl (C=O) groups is 1. The first kappa shape index (κ1) is 15.9. The first-order valence-electron chi connectivity index (χ1n) is 7.29. The molecule has 4 nitrogen and oxygen atoms in total. The molecule has 2 N–H and O–H groups in total. The Morgan fingerprint density at radius 2 is 1.91 bits per heavy atom. The zero-order chi connectivity index (χ0) is 15.9. The molecule has 0 atom stereocenters. The van der Waals surface area contributed by atoms with Crippen molar-refractivity contribution in [1.82, 2.24) is 5.32 Å². The maximum atomic E-state index is 11.9. The second kappa shape index (κ2) is 7.50. The Labute approximate surface area is 131 Å². The van der Waals surface area contributed by atoms with Crippen LogP contribution in [0.5, 0.6) is 5.75 Å². The van der Waals surface area contributed by atoms with E-state index in [4.69, 9.17) is 4.74 Å². The maximum Gasteiger partial charge on any atom is 0.239 e. The van der Waals surface area contributed by atoms with Crippen molar-refractivity contribution >= 4 is 11.6 Å². The molecule has 2 rings (SSSR count). The van der Waals surface area contributed by atoms with Crippen LogP contribution in [0.15, 0.2) is 42.5 Å². The van der Waals surface area contributed by atoms with Crippen molar-refractivity contribution in [2.75, 3.05) is 19.0 Å². The quantitative estimate of drug-likeness (QED) is 0.862. The summed E-state index contributed by atoms with van der Waals surface area (Å²) >= 11 is 0. The number of methoxy groups -OCH3 is 1. The van der Waals surface area contributed by atoms with Gasteiger partial charge in [0.15, 0.2) is 0 Å². The molecule has 0 unspecified atom stereocenters. The Balaban J connectivity index is 1.81. The highest BCUT2D eigenvalue weighted by Crippen LogP contribution is 2.14. The molecule has 2 aromatic rings. The van der Waals surface area contributed by atoms with Gasteiger partial charge >= 0.3 is 0 Å². The summed E-state index contributed by atoms with van der Waals surface area (Å²) in [7, 11) is 1.63. The van der Waals surface area contributed by atoms with Gasteiger partial charge in [-0.25, -0.2) is 0 Å². The van der Waals surface area contributed by atoms with E-state index in [9.17, 15) is 4.79 Å². The Morgan fingerprint density at radius 3 is 2.64 bits per heavy atom. The smallest absolute Gasteiger partial charge is 0.239 e. The van der Waals surface area contributed by atoms with E-state index in [1.807, 2.05) is 42.5 Å². The van der Waals surface area contributed by atoms with Gasteiger partial charge in [0.2, 0.25) is 5.91 Å². The highest BCUT2D eigenvalue weighted by molar-refractivity contribution is 5.80. The van der Waals surface area contributed by atoms with Gasteiger partial charge in [0.1, 0.15) is 5.75 Å². The van der Waals surface area contributed by atoms with E-state index in [1.54, 1.807) is 7.11 Å². The third-order valence-electron chi connectivity index (χ3n) is 3.58. The van der Waals surface area contributed by atoms with Crippen molar-refractivity contribution in [2.45, 2.75) is 20.4 Å². The van der Waals surface area contributed by atoms with E-state index >= 15 is 0 Å². The Hall–Kier alpha value is -2.49. The molecule has 0 bridgehead atoms. The fourth-order valence-electron chi connectivity index (χ4n) is 2.08.